The predicted molar refractivity (Wildman–Crippen MR) is 115 cm³/mol. The van der Waals surface area contributed by atoms with Gasteiger partial charge in [-0.15, -0.1) is 0 Å². The minimum absolute atomic E-state index is 0.0908. The summed E-state index contributed by atoms with van der Waals surface area (Å²) < 4.78 is 0. The van der Waals surface area contributed by atoms with Gasteiger partial charge in [-0.1, -0.05) is 47.6 Å². The van der Waals surface area contributed by atoms with Gasteiger partial charge in [-0.25, -0.2) is 0 Å². The fraction of sp³-hybridized carbons (Fsp3) is 0.348. The van der Waals surface area contributed by atoms with Gasteiger partial charge in [0.2, 0.25) is 5.91 Å². The number of oxime groups is 1. The SMILES string of the molecule is CON=C1C[C@@H](C(=O)NCCCCO)N(C(=O)c2ccc(-c3ccccc3)cc2)C1. The molecule has 1 saturated heterocycles. The molecular weight excluding hydrogens is 382 g/mol. The van der Waals surface area contributed by atoms with Crippen molar-refractivity contribution in [3.63, 3.8) is 0 Å². The first-order valence-electron chi connectivity index (χ1n) is 10.1. The highest BCUT2D eigenvalue weighted by Gasteiger charge is 2.38. The maximum absolute atomic E-state index is 13.2. The molecule has 0 radical (unpaired) electrons. The molecule has 1 heterocycles. The van der Waals surface area contributed by atoms with Gasteiger partial charge in [0.05, 0.1) is 12.3 Å². The van der Waals surface area contributed by atoms with E-state index < -0.39 is 6.04 Å². The number of carbonyl (C=O) groups excluding carboxylic acids is 2. The minimum Gasteiger partial charge on any atom is -0.399 e. The fourth-order valence-electron chi connectivity index (χ4n) is 3.52. The summed E-state index contributed by atoms with van der Waals surface area (Å²) >= 11 is 0. The Bertz CT molecular complexity index is 881. The van der Waals surface area contributed by atoms with Gasteiger partial charge in [-0.2, -0.15) is 0 Å². The van der Waals surface area contributed by atoms with Crippen LogP contribution in [0.1, 0.15) is 29.6 Å². The number of benzene rings is 2. The Morgan fingerprint density at radius 3 is 2.47 bits per heavy atom. The maximum atomic E-state index is 13.2. The summed E-state index contributed by atoms with van der Waals surface area (Å²) in [5.74, 6) is -0.435. The van der Waals surface area contributed by atoms with Crippen LogP contribution in [0, 0.1) is 0 Å². The lowest BCUT2D eigenvalue weighted by molar-refractivity contribution is -0.124. The molecule has 2 aromatic rings. The van der Waals surface area contributed by atoms with Crippen LogP contribution < -0.4 is 5.32 Å². The number of aliphatic hydroxyl groups is 1. The molecule has 2 amide bonds. The minimum atomic E-state index is -0.630. The van der Waals surface area contributed by atoms with Crippen molar-refractivity contribution in [3.05, 3.63) is 60.2 Å². The third-order valence-electron chi connectivity index (χ3n) is 5.07. The Balaban J connectivity index is 1.74. The fourth-order valence-corrected chi connectivity index (χ4v) is 3.52. The van der Waals surface area contributed by atoms with Crippen LogP contribution in [0.5, 0.6) is 0 Å². The molecule has 0 aromatic heterocycles. The lowest BCUT2D eigenvalue weighted by Gasteiger charge is -2.23. The number of hydrogen-bond acceptors (Lipinski definition) is 5. The van der Waals surface area contributed by atoms with Crippen molar-refractivity contribution in [1.29, 1.82) is 0 Å². The van der Waals surface area contributed by atoms with Crippen molar-refractivity contribution < 1.29 is 19.5 Å². The highest BCUT2D eigenvalue weighted by molar-refractivity contribution is 6.05. The second kappa shape index (κ2) is 10.5. The first-order chi connectivity index (χ1) is 14.6. The van der Waals surface area contributed by atoms with E-state index in [0.717, 1.165) is 11.1 Å². The number of likely N-dealkylation sites (tertiary alicyclic amines) is 1. The molecule has 0 spiro atoms. The summed E-state index contributed by atoms with van der Waals surface area (Å²) in [6.07, 6.45) is 1.65. The highest BCUT2D eigenvalue weighted by atomic mass is 16.6. The number of unbranched alkanes of at least 4 members (excludes halogenated alkanes) is 1. The average Bonchev–Trinajstić information content (AvgIpc) is 3.21. The zero-order chi connectivity index (χ0) is 21.3. The molecule has 0 unspecified atom stereocenters. The van der Waals surface area contributed by atoms with Crippen LogP contribution in [0.4, 0.5) is 0 Å². The molecule has 7 heteroatoms. The number of hydrogen-bond donors (Lipinski definition) is 2. The van der Waals surface area contributed by atoms with Gasteiger partial charge in [0.15, 0.2) is 0 Å². The molecule has 1 fully saturated rings. The van der Waals surface area contributed by atoms with Crippen molar-refractivity contribution in [2.45, 2.75) is 25.3 Å². The van der Waals surface area contributed by atoms with Crippen LogP contribution in [0.25, 0.3) is 11.1 Å². The molecule has 1 atom stereocenters. The smallest absolute Gasteiger partial charge is 0.254 e. The molecule has 7 nitrogen and oxygen atoms in total. The first-order valence-corrected chi connectivity index (χ1v) is 10.1. The highest BCUT2D eigenvalue weighted by Crippen LogP contribution is 2.23. The van der Waals surface area contributed by atoms with E-state index in [0.29, 0.717) is 37.1 Å². The Kier molecular flexibility index (Phi) is 7.57. The van der Waals surface area contributed by atoms with Gasteiger partial charge in [0.1, 0.15) is 13.2 Å². The van der Waals surface area contributed by atoms with E-state index in [1.807, 2.05) is 42.5 Å². The number of nitrogens with one attached hydrogen (secondary N) is 1. The summed E-state index contributed by atoms with van der Waals surface area (Å²) in [6, 6.07) is 16.7. The number of amides is 2. The van der Waals surface area contributed by atoms with Crippen LogP contribution in [0.15, 0.2) is 59.8 Å². The molecule has 1 aliphatic rings. The topological polar surface area (TPSA) is 91.2 Å². The van der Waals surface area contributed by atoms with Gasteiger partial charge in [-0.05, 0) is 36.1 Å². The summed E-state index contributed by atoms with van der Waals surface area (Å²) in [7, 11) is 1.45. The van der Waals surface area contributed by atoms with Gasteiger partial charge >= 0.3 is 0 Å². The van der Waals surface area contributed by atoms with Gasteiger partial charge in [-0.3, -0.25) is 9.59 Å². The van der Waals surface area contributed by atoms with E-state index in [1.54, 1.807) is 12.1 Å². The summed E-state index contributed by atoms with van der Waals surface area (Å²) in [4.78, 5) is 32.2. The van der Waals surface area contributed by atoms with Crippen LogP contribution in [0.2, 0.25) is 0 Å². The Labute approximate surface area is 176 Å². The van der Waals surface area contributed by atoms with Gasteiger partial charge in [0, 0.05) is 25.1 Å². The Morgan fingerprint density at radius 1 is 1.10 bits per heavy atom. The lowest BCUT2D eigenvalue weighted by atomic mass is 10.0. The summed E-state index contributed by atoms with van der Waals surface area (Å²) in [5.41, 5.74) is 3.27. The largest absolute Gasteiger partial charge is 0.399 e. The number of aliphatic hydroxyl groups excluding tert-OH is 1. The van der Waals surface area contributed by atoms with Crippen LogP contribution in [0.3, 0.4) is 0 Å². The summed E-state index contributed by atoms with van der Waals surface area (Å²) in [6.45, 7) is 0.801. The molecule has 2 N–H and O–H groups in total. The quantitative estimate of drug-likeness (QED) is 0.518. The van der Waals surface area contributed by atoms with Crippen molar-refractivity contribution in [3.8, 4) is 11.1 Å². The second-order valence-electron chi connectivity index (χ2n) is 7.16. The van der Waals surface area contributed by atoms with E-state index in [-0.39, 0.29) is 25.0 Å². The van der Waals surface area contributed by atoms with E-state index in [2.05, 4.69) is 10.5 Å². The second-order valence-corrected chi connectivity index (χ2v) is 7.16. The van der Waals surface area contributed by atoms with Crippen LogP contribution >= 0.6 is 0 Å². The van der Waals surface area contributed by atoms with E-state index in [1.165, 1.54) is 12.0 Å². The van der Waals surface area contributed by atoms with Crippen molar-refractivity contribution in [1.82, 2.24) is 10.2 Å². The Hall–Kier alpha value is -3.19. The number of rotatable bonds is 8. The molecule has 30 heavy (non-hydrogen) atoms. The lowest BCUT2D eigenvalue weighted by Crippen LogP contribution is -2.46. The molecule has 0 saturated carbocycles. The molecular formula is C23H27N3O4. The zero-order valence-electron chi connectivity index (χ0n) is 17.1. The van der Waals surface area contributed by atoms with Crippen LogP contribution in [-0.2, 0) is 9.63 Å². The Morgan fingerprint density at radius 2 is 1.80 bits per heavy atom. The average molecular weight is 409 g/mol. The first kappa shape index (κ1) is 21.5. The third-order valence-corrected chi connectivity index (χ3v) is 5.07. The van der Waals surface area contributed by atoms with Crippen molar-refractivity contribution >= 4 is 17.5 Å². The molecule has 2 aromatic carbocycles. The molecule has 0 bridgehead atoms. The maximum Gasteiger partial charge on any atom is 0.254 e. The van der Waals surface area contributed by atoms with Crippen LogP contribution in [-0.4, -0.2) is 60.4 Å². The van der Waals surface area contributed by atoms with Crippen molar-refractivity contribution in [2.24, 2.45) is 5.16 Å². The monoisotopic (exact) mass is 409 g/mol. The third kappa shape index (κ3) is 5.24. The zero-order valence-corrected chi connectivity index (χ0v) is 17.1. The van der Waals surface area contributed by atoms with Gasteiger partial charge < -0.3 is 20.2 Å². The standard InChI is InChI=1S/C23H27N3O4/c1-30-25-20-15-21(22(28)24-13-5-6-14-27)26(16-20)23(29)19-11-9-18(10-12-19)17-7-3-2-4-8-17/h2-4,7-12,21,27H,5-6,13-16H2,1H3,(H,24,28)/t21-/m0/s1. The number of nitrogens with zero attached hydrogens (tertiary/aromatic N) is 2. The normalized spacial score (nSPS) is 17.2. The molecule has 158 valence electrons. The van der Waals surface area contributed by atoms with Crippen molar-refractivity contribution in [2.75, 3.05) is 26.8 Å². The van der Waals surface area contributed by atoms with E-state index in [9.17, 15) is 9.59 Å². The predicted octanol–water partition coefficient (Wildman–Crippen LogP) is 2.46. The molecule has 1 aliphatic heterocycles. The van der Waals surface area contributed by atoms with Gasteiger partial charge in [0.25, 0.3) is 5.91 Å². The van der Waals surface area contributed by atoms with E-state index in [4.69, 9.17) is 9.94 Å². The number of carbonyl (C=O) groups is 2. The molecule has 0 aliphatic carbocycles. The molecule has 3 rings (SSSR count). The van der Waals surface area contributed by atoms with E-state index >= 15 is 0 Å². The summed E-state index contributed by atoms with van der Waals surface area (Å²) in [5, 5.41) is 15.7.